The first-order valence-corrected chi connectivity index (χ1v) is 10.6. The van der Waals surface area contributed by atoms with Crippen LogP contribution in [0.1, 0.15) is 47.1 Å². The number of aryl methyl sites for hydroxylation is 1. The maximum atomic E-state index is 13.0. The molecule has 2 aromatic heterocycles. The largest absolute Gasteiger partial charge is 0.480 e. The van der Waals surface area contributed by atoms with Gasteiger partial charge < -0.3 is 10.1 Å². The van der Waals surface area contributed by atoms with Crippen molar-refractivity contribution in [2.75, 3.05) is 7.11 Å². The summed E-state index contributed by atoms with van der Waals surface area (Å²) in [6, 6.07) is 1.92. The Bertz CT molecular complexity index is 1160. The number of nitrogens with one attached hydrogen (secondary N) is 3. The molecule has 174 valence electrons. The number of pyridine rings is 1. The highest BCUT2D eigenvalue weighted by atomic mass is 32.2. The molecular formula is C18H21F3N6O4S. The zero-order valence-corrected chi connectivity index (χ0v) is 18.3. The Morgan fingerprint density at radius 2 is 1.94 bits per heavy atom. The van der Waals surface area contributed by atoms with Crippen molar-refractivity contribution in [1.29, 1.82) is 10.8 Å². The summed E-state index contributed by atoms with van der Waals surface area (Å²) >= 11 is 0. The highest BCUT2D eigenvalue weighted by molar-refractivity contribution is 7.90. The summed E-state index contributed by atoms with van der Waals surface area (Å²) in [6.07, 6.45) is -2.78. The SMILES string of the molecule is COc1ncc(C(C=N)C(=N)n2nc(C(F)(F)F)cc2C)cc1C(=O)NS(=O)(=O)C(C)C. The van der Waals surface area contributed by atoms with E-state index in [9.17, 15) is 26.4 Å². The van der Waals surface area contributed by atoms with Gasteiger partial charge in [0, 0.05) is 18.1 Å². The van der Waals surface area contributed by atoms with Crippen molar-refractivity contribution in [3.63, 3.8) is 0 Å². The third-order valence-electron chi connectivity index (χ3n) is 4.39. The molecule has 1 amide bonds. The highest BCUT2D eigenvalue weighted by Gasteiger charge is 2.35. The van der Waals surface area contributed by atoms with Crippen molar-refractivity contribution in [1.82, 2.24) is 19.5 Å². The van der Waals surface area contributed by atoms with Crippen LogP contribution >= 0.6 is 0 Å². The molecule has 14 heteroatoms. The molecule has 0 aromatic carbocycles. The van der Waals surface area contributed by atoms with E-state index in [0.717, 1.165) is 23.0 Å². The number of amides is 1. The van der Waals surface area contributed by atoms with Gasteiger partial charge in [0.15, 0.2) is 5.69 Å². The number of hydrogen-bond acceptors (Lipinski definition) is 8. The molecule has 0 aliphatic heterocycles. The average Bonchev–Trinajstić information content (AvgIpc) is 3.10. The lowest BCUT2D eigenvalue weighted by Gasteiger charge is -2.17. The fourth-order valence-electron chi connectivity index (χ4n) is 2.59. The third-order valence-corrected chi connectivity index (χ3v) is 6.10. The normalized spacial score (nSPS) is 13.0. The van der Waals surface area contributed by atoms with Crippen LogP contribution in [0.25, 0.3) is 0 Å². The van der Waals surface area contributed by atoms with Gasteiger partial charge in [0.1, 0.15) is 11.4 Å². The van der Waals surface area contributed by atoms with Crippen LogP contribution in [0.5, 0.6) is 5.88 Å². The maximum Gasteiger partial charge on any atom is 0.435 e. The lowest BCUT2D eigenvalue weighted by molar-refractivity contribution is -0.141. The molecule has 0 bridgehead atoms. The predicted octanol–water partition coefficient (Wildman–Crippen LogP) is 2.34. The van der Waals surface area contributed by atoms with E-state index in [0.29, 0.717) is 0 Å². The molecule has 0 fully saturated rings. The van der Waals surface area contributed by atoms with Crippen molar-refractivity contribution in [2.24, 2.45) is 0 Å². The van der Waals surface area contributed by atoms with Gasteiger partial charge >= 0.3 is 6.18 Å². The minimum atomic E-state index is -4.72. The quantitative estimate of drug-likeness (QED) is 0.414. The Kier molecular flexibility index (Phi) is 7.07. The standard InChI is InChI=1S/C18H21F3N6O4S/c1-9(2)32(29,30)26-16(28)12-6-11(8-24-17(12)31-4)13(7-22)15(23)27-10(3)5-14(25-27)18(19,20)21/h5-9,13,22-23H,1-4H3,(H,26,28). The van der Waals surface area contributed by atoms with E-state index >= 15 is 0 Å². The van der Waals surface area contributed by atoms with Gasteiger partial charge in [-0.25, -0.2) is 22.8 Å². The number of ether oxygens (including phenoxy) is 1. The Morgan fingerprint density at radius 3 is 2.41 bits per heavy atom. The molecule has 2 heterocycles. The fraction of sp³-hybridized carbons (Fsp3) is 0.389. The van der Waals surface area contributed by atoms with E-state index in [2.05, 4.69) is 10.1 Å². The molecule has 2 rings (SSSR count). The summed E-state index contributed by atoms with van der Waals surface area (Å²) in [7, 11) is -2.77. The van der Waals surface area contributed by atoms with E-state index in [4.69, 9.17) is 15.6 Å². The van der Waals surface area contributed by atoms with Crippen LogP contribution in [0.3, 0.4) is 0 Å². The van der Waals surface area contributed by atoms with Crippen LogP contribution in [-0.2, 0) is 16.2 Å². The fourth-order valence-corrected chi connectivity index (χ4v) is 3.19. The zero-order chi connectivity index (χ0) is 24.4. The van der Waals surface area contributed by atoms with E-state index < -0.39 is 44.8 Å². The smallest absolute Gasteiger partial charge is 0.435 e. The van der Waals surface area contributed by atoms with Crippen LogP contribution in [0.2, 0.25) is 0 Å². The highest BCUT2D eigenvalue weighted by Crippen LogP contribution is 2.29. The van der Waals surface area contributed by atoms with Gasteiger partial charge in [0.2, 0.25) is 15.9 Å². The monoisotopic (exact) mass is 474 g/mol. The number of rotatable bonds is 7. The first kappa shape index (κ1) is 25.0. The van der Waals surface area contributed by atoms with E-state index in [-0.39, 0.29) is 22.7 Å². The minimum Gasteiger partial charge on any atom is -0.480 e. The number of alkyl halides is 3. The number of carbonyl (C=O) groups excluding carboxylic acids is 1. The molecule has 32 heavy (non-hydrogen) atoms. The van der Waals surface area contributed by atoms with Crippen LogP contribution in [0.15, 0.2) is 18.3 Å². The summed E-state index contributed by atoms with van der Waals surface area (Å²) in [5.74, 6) is -2.99. The zero-order valence-electron chi connectivity index (χ0n) is 17.5. The van der Waals surface area contributed by atoms with E-state index in [1.165, 1.54) is 34.1 Å². The van der Waals surface area contributed by atoms with Gasteiger partial charge in [-0.1, -0.05) is 0 Å². The second kappa shape index (κ2) is 9.06. The number of sulfonamides is 1. The summed E-state index contributed by atoms with van der Waals surface area (Å²) in [4.78, 5) is 16.5. The Balaban J connectivity index is 2.49. The topological polar surface area (TPSA) is 151 Å². The number of aromatic nitrogens is 3. The molecule has 3 N–H and O–H groups in total. The molecular weight excluding hydrogens is 453 g/mol. The van der Waals surface area contributed by atoms with Crippen molar-refractivity contribution in [3.05, 3.63) is 40.8 Å². The molecule has 1 unspecified atom stereocenters. The molecule has 0 saturated carbocycles. The Labute approximate surface area is 181 Å². The second-order valence-electron chi connectivity index (χ2n) is 6.96. The first-order chi connectivity index (χ1) is 14.7. The number of halogens is 3. The Hall–Kier alpha value is -3.29. The summed E-state index contributed by atoms with van der Waals surface area (Å²) in [5.41, 5.74) is -1.41. The van der Waals surface area contributed by atoms with Crippen molar-refractivity contribution in [3.8, 4) is 5.88 Å². The second-order valence-corrected chi connectivity index (χ2v) is 9.20. The predicted molar refractivity (Wildman–Crippen MR) is 109 cm³/mol. The van der Waals surface area contributed by atoms with Gasteiger partial charge in [-0.15, -0.1) is 0 Å². The lowest BCUT2D eigenvalue weighted by Crippen LogP contribution is -2.36. The van der Waals surface area contributed by atoms with Crippen molar-refractivity contribution < 1.29 is 31.1 Å². The molecule has 0 aliphatic carbocycles. The summed E-state index contributed by atoms with van der Waals surface area (Å²) in [5, 5.41) is 18.4. The average molecular weight is 474 g/mol. The van der Waals surface area contributed by atoms with E-state index in [1.54, 1.807) is 0 Å². The first-order valence-electron chi connectivity index (χ1n) is 9.06. The molecule has 1 atom stereocenters. The number of hydrogen-bond donors (Lipinski definition) is 3. The lowest BCUT2D eigenvalue weighted by atomic mass is 9.99. The van der Waals surface area contributed by atoms with Crippen molar-refractivity contribution >= 4 is 28.0 Å². The van der Waals surface area contributed by atoms with Gasteiger partial charge in [0.25, 0.3) is 5.91 Å². The number of methoxy groups -OCH3 is 1. The van der Waals surface area contributed by atoms with Gasteiger partial charge in [-0.2, -0.15) is 18.3 Å². The minimum absolute atomic E-state index is 0.0108. The van der Waals surface area contributed by atoms with Gasteiger partial charge in [-0.05, 0) is 38.5 Å². The molecule has 0 radical (unpaired) electrons. The summed E-state index contributed by atoms with van der Waals surface area (Å²) in [6.45, 7) is 4.06. The van der Waals surface area contributed by atoms with Crippen LogP contribution in [0, 0.1) is 17.7 Å². The van der Waals surface area contributed by atoms with E-state index in [1.807, 2.05) is 4.72 Å². The summed E-state index contributed by atoms with van der Waals surface area (Å²) < 4.78 is 70.6. The molecule has 0 saturated heterocycles. The number of carbonyl (C=O) groups is 1. The molecule has 0 aliphatic rings. The molecule has 2 aromatic rings. The van der Waals surface area contributed by atoms with Crippen molar-refractivity contribution in [2.45, 2.75) is 38.1 Å². The number of nitrogens with zero attached hydrogens (tertiary/aromatic N) is 3. The van der Waals surface area contributed by atoms with Crippen LogP contribution < -0.4 is 9.46 Å². The van der Waals surface area contributed by atoms with Crippen LogP contribution in [0.4, 0.5) is 13.2 Å². The maximum absolute atomic E-state index is 13.0. The van der Waals surface area contributed by atoms with Crippen LogP contribution in [-0.4, -0.2) is 53.5 Å². The third kappa shape index (κ3) is 5.12. The Morgan fingerprint density at radius 1 is 1.31 bits per heavy atom. The van der Waals surface area contributed by atoms with Gasteiger partial charge in [0.05, 0.1) is 18.3 Å². The molecule has 0 spiro atoms. The van der Waals surface area contributed by atoms with Gasteiger partial charge in [-0.3, -0.25) is 10.2 Å². The molecule has 10 nitrogen and oxygen atoms in total.